The Balaban J connectivity index is 1.12. The predicted molar refractivity (Wildman–Crippen MR) is 126 cm³/mol. The smallest absolute Gasteiger partial charge is 0.414 e. The molecule has 8 nitrogen and oxygen atoms in total. The lowest BCUT2D eigenvalue weighted by molar-refractivity contribution is 0.103. The number of cyclic esters (lactones) is 2. The number of nitrogens with zero attached hydrogens (tertiary/aromatic N) is 2. The van der Waals surface area contributed by atoms with E-state index in [-0.39, 0.29) is 37.6 Å². The number of carbonyl (C=O) groups excluding carboxylic acids is 2. The number of rotatable bonds is 8. The van der Waals surface area contributed by atoms with Gasteiger partial charge >= 0.3 is 12.2 Å². The second kappa shape index (κ2) is 9.74. The van der Waals surface area contributed by atoms with Gasteiger partial charge in [0.2, 0.25) is 0 Å². The minimum absolute atomic E-state index is 0.227. The summed E-state index contributed by atoms with van der Waals surface area (Å²) in [5.41, 5.74) is 1.59. The fourth-order valence-electron chi connectivity index (χ4n) is 3.89. The molecule has 5 rings (SSSR count). The lowest BCUT2D eigenvalue weighted by Crippen LogP contribution is -2.26. The van der Waals surface area contributed by atoms with Gasteiger partial charge in [0.25, 0.3) is 0 Å². The van der Waals surface area contributed by atoms with Gasteiger partial charge in [-0.3, -0.25) is 9.80 Å². The quantitative estimate of drug-likeness (QED) is 0.493. The second-order valence-electron chi connectivity index (χ2n) is 8.00. The topological polar surface area (TPSA) is 77.5 Å². The van der Waals surface area contributed by atoms with Gasteiger partial charge in [0.1, 0.15) is 24.7 Å². The van der Waals surface area contributed by atoms with E-state index >= 15 is 0 Å². The minimum Gasteiger partial charge on any atom is -0.490 e. The maximum absolute atomic E-state index is 12.2. The van der Waals surface area contributed by atoms with Crippen molar-refractivity contribution in [3.05, 3.63) is 84.9 Å². The molecule has 2 saturated heterocycles. The summed E-state index contributed by atoms with van der Waals surface area (Å²) in [5.74, 6) is 1.20. The highest BCUT2D eigenvalue weighted by atomic mass is 16.6. The molecule has 2 aliphatic rings. The Morgan fingerprint density at radius 1 is 0.647 bits per heavy atom. The lowest BCUT2D eigenvalue weighted by Gasteiger charge is -2.14. The fourth-order valence-corrected chi connectivity index (χ4v) is 3.89. The SMILES string of the molecule is O=C1OC(COc2cccc(OCC3CN(c4ccccc4)C(=O)O3)c2)CN1c1ccccc1. The van der Waals surface area contributed by atoms with Gasteiger partial charge in [0.15, 0.2) is 12.2 Å². The first-order valence-electron chi connectivity index (χ1n) is 11.1. The van der Waals surface area contributed by atoms with Crippen LogP contribution in [0.25, 0.3) is 0 Å². The van der Waals surface area contributed by atoms with Crippen molar-refractivity contribution < 1.29 is 28.5 Å². The van der Waals surface area contributed by atoms with Crippen molar-refractivity contribution in [1.82, 2.24) is 0 Å². The van der Waals surface area contributed by atoms with Crippen LogP contribution in [0.2, 0.25) is 0 Å². The van der Waals surface area contributed by atoms with E-state index in [0.717, 1.165) is 11.4 Å². The zero-order chi connectivity index (χ0) is 23.3. The van der Waals surface area contributed by atoms with E-state index in [2.05, 4.69) is 0 Å². The third-order valence-electron chi connectivity index (χ3n) is 5.56. The number of ether oxygens (including phenoxy) is 4. The van der Waals surface area contributed by atoms with Crippen molar-refractivity contribution in [2.75, 3.05) is 36.1 Å². The van der Waals surface area contributed by atoms with E-state index in [1.165, 1.54) is 0 Å². The van der Waals surface area contributed by atoms with E-state index in [1.54, 1.807) is 15.9 Å². The van der Waals surface area contributed by atoms with Crippen LogP contribution in [0, 0.1) is 0 Å². The highest BCUT2D eigenvalue weighted by Gasteiger charge is 2.33. The molecular formula is C26H24N2O6. The summed E-state index contributed by atoms with van der Waals surface area (Å²) in [6, 6.07) is 26.0. The number of amides is 2. The molecule has 0 saturated carbocycles. The summed E-state index contributed by atoms with van der Waals surface area (Å²) in [5, 5.41) is 0. The van der Waals surface area contributed by atoms with Crippen molar-refractivity contribution in [2.24, 2.45) is 0 Å². The molecule has 2 atom stereocenters. The van der Waals surface area contributed by atoms with Crippen LogP contribution < -0.4 is 19.3 Å². The average molecular weight is 460 g/mol. The molecule has 0 N–H and O–H groups in total. The van der Waals surface area contributed by atoms with Crippen LogP contribution in [0.15, 0.2) is 84.9 Å². The lowest BCUT2D eigenvalue weighted by atomic mass is 10.3. The van der Waals surface area contributed by atoms with E-state index in [9.17, 15) is 9.59 Å². The molecule has 34 heavy (non-hydrogen) atoms. The van der Waals surface area contributed by atoms with Crippen LogP contribution in [0.4, 0.5) is 21.0 Å². The molecule has 2 aliphatic heterocycles. The van der Waals surface area contributed by atoms with Gasteiger partial charge in [-0.15, -0.1) is 0 Å². The molecule has 174 valence electrons. The number of benzene rings is 3. The molecule has 8 heteroatoms. The van der Waals surface area contributed by atoms with Crippen LogP contribution in [-0.2, 0) is 9.47 Å². The monoisotopic (exact) mass is 460 g/mol. The van der Waals surface area contributed by atoms with Gasteiger partial charge < -0.3 is 18.9 Å². The molecule has 2 heterocycles. The van der Waals surface area contributed by atoms with E-state index in [0.29, 0.717) is 24.6 Å². The minimum atomic E-state index is -0.382. The van der Waals surface area contributed by atoms with Crippen molar-refractivity contribution in [3.8, 4) is 11.5 Å². The number of para-hydroxylation sites is 2. The summed E-state index contributed by atoms with van der Waals surface area (Å²) in [6.45, 7) is 1.30. The van der Waals surface area contributed by atoms with Crippen LogP contribution >= 0.6 is 0 Å². The first-order valence-corrected chi connectivity index (χ1v) is 11.1. The molecular weight excluding hydrogens is 436 g/mol. The van der Waals surface area contributed by atoms with Gasteiger partial charge in [0, 0.05) is 17.4 Å². The predicted octanol–water partition coefficient (Wildman–Crippen LogP) is 4.50. The van der Waals surface area contributed by atoms with Gasteiger partial charge in [0.05, 0.1) is 13.1 Å². The second-order valence-corrected chi connectivity index (χ2v) is 8.00. The van der Waals surface area contributed by atoms with E-state index in [1.807, 2.05) is 78.9 Å². The summed E-state index contributed by atoms with van der Waals surface area (Å²) >= 11 is 0. The summed E-state index contributed by atoms with van der Waals surface area (Å²) in [6.07, 6.45) is -1.52. The number of hydrogen-bond acceptors (Lipinski definition) is 6. The third kappa shape index (κ3) is 4.91. The zero-order valence-electron chi connectivity index (χ0n) is 18.4. The molecule has 2 unspecified atom stereocenters. The van der Waals surface area contributed by atoms with Crippen molar-refractivity contribution in [2.45, 2.75) is 12.2 Å². The number of hydrogen-bond donors (Lipinski definition) is 0. The standard InChI is InChI=1S/C26H24N2O6/c29-25-27(19-8-3-1-4-9-19)15-23(33-25)17-31-21-12-7-13-22(14-21)32-18-24-16-28(26(30)34-24)20-10-5-2-6-11-20/h1-14,23-24H,15-18H2. The third-order valence-corrected chi connectivity index (χ3v) is 5.56. The Bertz CT molecular complexity index is 1050. The maximum Gasteiger partial charge on any atom is 0.414 e. The fraction of sp³-hybridized carbons (Fsp3) is 0.231. The Kier molecular flexibility index (Phi) is 6.20. The van der Waals surface area contributed by atoms with E-state index in [4.69, 9.17) is 18.9 Å². The number of anilines is 2. The summed E-state index contributed by atoms with van der Waals surface area (Å²) in [4.78, 5) is 27.6. The molecule has 0 radical (unpaired) electrons. The highest BCUT2D eigenvalue weighted by molar-refractivity contribution is 5.90. The van der Waals surface area contributed by atoms with Crippen molar-refractivity contribution in [1.29, 1.82) is 0 Å². The van der Waals surface area contributed by atoms with Gasteiger partial charge in [-0.2, -0.15) is 0 Å². The van der Waals surface area contributed by atoms with Crippen molar-refractivity contribution >= 4 is 23.6 Å². The molecule has 2 amide bonds. The van der Waals surface area contributed by atoms with Crippen LogP contribution in [0.3, 0.4) is 0 Å². The first kappa shape index (κ1) is 21.6. The Labute approximate surface area is 197 Å². The summed E-state index contributed by atoms with van der Waals surface area (Å²) < 4.78 is 22.6. The van der Waals surface area contributed by atoms with Gasteiger partial charge in [-0.1, -0.05) is 42.5 Å². The summed E-state index contributed by atoms with van der Waals surface area (Å²) in [7, 11) is 0. The van der Waals surface area contributed by atoms with Crippen molar-refractivity contribution in [3.63, 3.8) is 0 Å². The zero-order valence-corrected chi connectivity index (χ0v) is 18.4. The molecule has 3 aromatic rings. The van der Waals surface area contributed by atoms with Crippen LogP contribution in [0.1, 0.15) is 0 Å². The van der Waals surface area contributed by atoms with Gasteiger partial charge in [-0.25, -0.2) is 9.59 Å². The molecule has 0 spiro atoms. The normalized spacial score (nSPS) is 19.6. The average Bonchev–Trinajstić information content (AvgIpc) is 3.44. The Morgan fingerprint density at radius 3 is 1.53 bits per heavy atom. The largest absolute Gasteiger partial charge is 0.490 e. The number of carbonyl (C=O) groups is 2. The van der Waals surface area contributed by atoms with Crippen LogP contribution in [0.5, 0.6) is 11.5 Å². The molecule has 0 aromatic heterocycles. The van der Waals surface area contributed by atoms with Gasteiger partial charge in [-0.05, 0) is 36.4 Å². The van der Waals surface area contributed by atoms with Crippen LogP contribution in [-0.4, -0.2) is 50.7 Å². The molecule has 0 bridgehead atoms. The maximum atomic E-state index is 12.2. The molecule has 3 aromatic carbocycles. The highest BCUT2D eigenvalue weighted by Crippen LogP contribution is 2.25. The molecule has 0 aliphatic carbocycles. The Hall–Kier alpha value is -4.20. The Morgan fingerprint density at radius 2 is 1.09 bits per heavy atom. The first-order chi connectivity index (χ1) is 16.7. The molecule has 2 fully saturated rings. The van der Waals surface area contributed by atoms with E-state index < -0.39 is 0 Å².